The van der Waals surface area contributed by atoms with Crippen LogP contribution in [-0.2, 0) is 0 Å². The van der Waals surface area contributed by atoms with Crippen molar-refractivity contribution >= 4 is 0 Å². The standard InChI is InChI=1S/C12H15NO/c1-3-9-13-10(2)12(14)11-7-5-4-6-8-11/h1,4-8,10,12-14H,9H2,2H3. The summed E-state index contributed by atoms with van der Waals surface area (Å²) in [6, 6.07) is 9.51. The Hall–Kier alpha value is -1.30. The highest BCUT2D eigenvalue weighted by molar-refractivity contribution is 5.18. The highest BCUT2D eigenvalue weighted by Gasteiger charge is 2.14. The smallest absolute Gasteiger partial charge is 0.0940 e. The van der Waals surface area contributed by atoms with E-state index in [0.717, 1.165) is 5.56 Å². The van der Waals surface area contributed by atoms with Crippen LogP contribution in [0, 0.1) is 12.3 Å². The molecule has 2 atom stereocenters. The van der Waals surface area contributed by atoms with Gasteiger partial charge >= 0.3 is 0 Å². The van der Waals surface area contributed by atoms with Gasteiger partial charge in [-0.1, -0.05) is 36.3 Å². The van der Waals surface area contributed by atoms with Crippen LogP contribution in [0.4, 0.5) is 0 Å². The lowest BCUT2D eigenvalue weighted by molar-refractivity contribution is 0.138. The summed E-state index contributed by atoms with van der Waals surface area (Å²) in [4.78, 5) is 0. The van der Waals surface area contributed by atoms with E-state index in [4.69, 9.17) is 6.42 Å². The molecular formula is C12H15NO. The average Bonchev–Trinajstić information content (AvgIpc) is 2.26. The Morgan fingerprint density at radius 2 is 2.07 bits per heavy atom. The summed E-state index contributed by atoms with van der Waals surface area (Å²) in [5.74, 6) is 2.48. The zero-order chi connectivity index (χ0) is 10.4. The van der Waals surface area contributed by atoms with Gasteiger partial charge in [-0.15, -0.1) is 6.42 Å². The van der Waals surface area contributed by atoms with E-state index in [9.17, 15) is 5.11 Å². The van der Waals surface area contributed by atoms with Crippen LogP contribution >= 0.6 is 0 Å². The fourth-order valence-corrected chi connectivity index (χ4v) is 1.27. The maximum Gasteiger partial charge on any atom is 0.0940 e. The molecule has 0 saturated heterocycles. The lowest BCUT2D eigenvalue weighted by atomic mass is 10.0. The number of aliphatic hydroxyl groups is 1. The van der Waals surface area contributed by atoms with Crippen molar-refractivity contribution in [3.63, 3.8) is 0 Å². The zero-order valence-corrected chi connectivity index (χ0v) is 8.27. The van der Waals surface area contributed by atoms with Crippen molar-refractivity contribution in [2.45, 2.75) is 19.1 Å². The van der Waals surface area contributed by atoms with E-state index in [1.54, 1.807) is 0 Å². The Kier molecular flexibility index (Phi) is 4.18. The van der Waals surface area contributed by atoms with Gasteiger partial charge in [0, 0.05) is 6.04 Å². The molecule has 0 bridgehead atoms. The maximum absolute atomic E-state index is 9.88. The van der Waals surface area contributed by atoms with Gasteiger partial charge in [-0.25, -0.2) is 0 Å². The van der Waals surface area contributed by atoms with E-state index < -0.39 is 6.10 Å². The normalized spacial score (nSPS) is 14.4. The molecule has 0 aromatic heterocycles. The predicted octanol–water partition coefficient (Wildman–Crippen LogP) is 1.33. The van der Waals surface area contributed by atoms with Crippen molar-refractivity contribution in [3.8, 4) is 12.3 Å². The summed E-state index contributed by atoms with van der Waals surface area (Å²) in [7, 11) is 0. The number of aliphatic hydroxyl groups excluding tert-OH is 1. The van der Waals surface area contributed by atoms with Crippen LogP contribution in [0.15, 0.2) is 30.3 Å². The van der Waals surface area contributed by atoms with Crippen LogP contribution in [-0.4, -0.2) is 17.7 Å². The minimum absolute atomic E-state index is 0.0338. The second-order valence-corrected chi connectivity index (χ2v) is 3.23. The van der Waals surface area contributed by atoms with Crippen molar-refractivity contribution < 1.29 is 5.11 Å². The SMILES string of the molecule is C#CCNC(C)C(O)c1ccccc1. The number of hydrogen-bond donors (Lipinski definition) is 2. The van der Waals surface area contributed by atoms with Crippen LogP contribution in [0.5, 0.6) is 0 Å². The molecule has 0 amide bonds. The monoisotopic (exact) mass is 189 g/mol. The van der Waals surface area contributed by atoms with E-state index >= 15 is 0 Å². The number of hydrogen-bond acceptors (Lipinski definition) is 2. The molecule has 2 nitrogen and oxygen atoms in total. The van der Waals surface area contributed by atoms with Crippen LogP contribution < -0.4 is 5.32 Å². The van der Waals surface area contributed by atoms with E-state index in [1.165, 1.54) is 0 Å². The van der Waals surface area contributed by atoms with Gasteiger partial charge < -0.3 is 10.4 Å². The summed E-state index contributed by atoms with van der Waals surface area (Å²) in [5, 5.41) is 12.9. The molecule has 1 aromatic carbocycles. The molecule has 14 heavy (non-hydrogen) atoms. The quantitative estimate of drug-likeness (QED) is 0.700. The first-order valence-electron chi connectivity index (χ1n) is 4.65. The molecule has 74 valence electrons. The predicted molar refractivity (Wildman–Crippen MR) is 57.7 cm³/mol. The Morgan fingerprint density at radius 1 is 1.43 bits per heavy atom. The lowest BCUT2D eigenvalue weighted by Gasteiger charge is -2.19. The minimum Gasteiger partial charge on any atom is -0.387 e. The van der Waals surface area contributed by atoms with Crippen molar-refractivity contribution in [2.24, 2.45) is 0 Å². The molecule has 0 aliphatic heterocycles. The summed E-state index contributed by atoms with van der Waals surface area (Å²) >= 11 is 0. The summed E-state index contributed by atoms with van der Waals surface area (Å²) in [6.07, 6.45) is 4.61. The highest BCUT2D eigenvalue weighted by atomic mass is 16.3. The largest absolute Gasteiger partial charge is 0.387 e. The topological polar surface area (TPSA) is 32.3 Å². The molecule has 0 saturated carbocycles. The molecule has 1 aromatic rings. The van der Waals surface area contributed by atoms with E-state index in [-0.39, 0.29) is 6.04 Å². The van der Waals surface area contributed by atoms with Crippen molar-refractivity contribution in [3.05, 3.63) is 35.9 Å². The van der Waals surface area contributed by atoms with Gasteiger partial charge in [-0.2, -0.15) is 0 Å². The molecule has 2 heteroatoms. The van der Waals surface area contributed by atoms with Crippen LogP contribution in [0.3, 0.4) is 0 Å². The molecule has 0 heterocycles. The summed E-state index contributed by atoms with van der Waals surface area (Å²) in [5.41, 5.74) is 0.907. The third-order valence-corrected chi connectivity index (χ3v) is 2.14. The number of benzene rings is 1. The van der Waals surface area contributed by atoms with Gasteiger partial charge in [0.2, 0.25) is 0 Å². The third kappa shape index (κ3) is 2.88. The molecular weight excluding hydrogens is 174 g/mol. The van der Waals surface area contributed by atoms with Crippen molar-refractivity contribution in [2.75, 3.05) is 6.54 Å². The summed E-state index contributed by atoms with van der Waals surface area (Å²) in [6.45, 7) is 2.39. The Balaban J connectivity index is 2.57. The third-order valence-electron chi connectivity index (χ3n) is 2.14. The number of nitrogens with one attached hydrogen (secondary N) is 1. The van der Waals surface area contributed by atoms with Gasteiger partial charge in [0.05, 0.1) is 12.6 Å². The van der Waals surface area contributed by atoms with E-state index in [2.05, 4.69) is 11.2 Å². The Labute approximate surface area is 85.0 Å². The van der Waals surface area contributed by atoms with Gasteiger partial charge in [-0.05, 0) is 12.5 Å². The first-order chi connectivity index (χ1) is 6.75. The molecule has 0 radical (unpaired) electrons. The van der Waals surface area contributed by atoms with Gasteiger partial charge in [0.1, 0.15) is 0 Å². The fourth-order valence-electron chi connectivity index (χ4n) is 1.27. The fraction of sp³-hybridized carbons (Fsp3) is 0.333. The van der Waals surface area contributed by atoms with Gasteiger partial charge in [-0.3, -0.25) is 0 Å². The van der Waals surface area contributed by atoms with Gasteiger partial charge in [0.15, 0.2) is 0 Å². The average molecular weight is 189 g/mol. The highest BCUT2D eigenvalue weighted by Crippen LogP contribution is 2.15. The second-order valence-electron chi connectivity index (χ2n) is 3.23. The van der Waals surface area contributed by atoms with Crippen LogP contribution in [0.2, 0.25) is 0 Å². The zero-order valence-electron chi connectivity index (χ0n) is 8.27. The Bertz CT molecular complexity index is 302. The van der Waals surface area contributed by atoms with Gasteiger partial charge in [0.25, 0.3) is 0 Å². The molecule has 0 spiro atoms. The molecule has 0 aliphatic carbocycles. The van der Waals surface area contributed by atoms with E-state index in [0.29, 0.717) is 6.54 Å². The first kappa shape index (κ1) is 10.8. The van der Waals surface area contributed by atoms with Crippen molar-refractivity contribution in [1.82, 2.24) is 5.32 Å². The lowest BCUT2D eigenvalue weighted by Crippen LogP contribution is -2.32. The minimum atomic E-state index is -0.510. The number of rotatable bonds is 4. The maximum atomic E-state index is 9.88. The van der Waals surface area contributed by atoms with E-state index in [1.807, 2.05) is 37.3 Å². The molecule has 0 fully saturated rings. The van der Waals surface area contributed by atoms with Crippen molar-refractivity contribution in [1.29, 1.82) is 0 Å². The Morgan fingerprint density at radius 3 is 2.64 bits per heavy atom. The molecule has 1 rings (SSSR count). The number of terminal acetylenes is 1. The van der Waals surface area contributed by atoms with Crippen LogP contribution in [0.25, 0.3) is 0 Å². The molecule has 0 aliphatic rings. The molecule has 2 unspecified atom stereocenters. The van der Waals surface area contributed by atoms with Crippen LogP contribution in [0.1, 0.15) is 18.6 Å². The first-order valence-corrected chi connectivity index (χ1v) is 4.65. The second kappa shape index (κ2) is 5.43. The summed E-state index contributed by atoms with van der Waals surface area (Å²) < 4.78 is 0. The molecule has 2 N–H and O–H groups in total.